The average Bonchev–Trinajstić information content (AvgIpc) is 3.27. The van der Waals surface area contributed by atoms with Gasteiger partial charge < -0.3 is 4.74 Å². The van der Waals surface area contributed by atoms with Gasteiger partial charge in [0.05, 0.1) is 11.2 Å². The smallest absolute Gasteiger partial charge is 0.387 e. The first-order chi connectivity index (χ1) is 14.9. The number of aromatic nitrogens is 5. The predicted molar refractivity (Wildman–Crippen MR) is 117 cm³/mol. The van der Waals surface area contributed by atoms with Crippen molar-refractivity contribution in [2.45, 2.75) is 6.61 Å². The van der Waals surface area contributed by atoms with E-state index in [0.717, 1.165) is 10.9 Å². The van der Waals surface area contributed by atoms with E-state index in [4.69, 9.17) is 0 Å². The number of rotatable bonds is 4. The first kappa shape index (κ1) is 19.8. The molecule has 0 fully saturated rings. The van der Waals surface area contributed by atoms with E-state index in [0.29, 0.717) is 25.6 Å². The van der Waals surface area contributed by atoms with Crippen LogP contribution in [0.25, 0.3) is 38.3 Å². The molecule has 31 heavy (non-hydrogen) atoms. The van der Waals surface area contributed by atoms with Gasteiger partial charge in [-0.3, -0.25) is 14.0 Å². The molecule has 0 bridgehead atoms. The van der Waals surface area contributed by atoms with Gasteiger partial charge in [0.2, 0.25) is 0 Å². The van der Waals surface area contributed by atoms with Crippen molar-refractivity contribution in [3.8, 4) is 22.7 Å². The molecule has 0 unspecified atom stereocenters. The van der Waals surface area contributed by atoms with Crippen LogP contribution in [0.4, 0.5) is 8.78 Å². The molecule has 0 amide bonds. The summed E-state index contributed by atoms with van der Waals surface area (Å²) in [7, 11) is 1.83. The average molecular weight is 504 g/mol. The minimum absolute atomic E-state index is 0.00110. The first-order valence-corrected chi connectivity index (χ1v) is 10.6. The lowest BCUT2D eigenvalue weighted by Crippen LogP contribution is -2.22. The van der Waals surface area contributed by atoms with Crippen LogP contribution in [0, 0.1) is 0 Å². The van der Waals surface area contributed by atoms with Crippen molar-refractivity contribution in [1.29, 1.82) is 0 Å². The molecule has 0 radical (unpaired) electrons. The summed E-state index contributed by atoms with van der Waals surface area (Å²) >= 11 is 4.64. The van der Waals surface area contributed by atoms with Crippen molar-refractivity contribution in [3.63, 3.8) is 0 Å². The second-order valence-corrected chi connectivity index (χ2v) is 8.90. The van der Waals surface area contributed by atoms with E-state index in [2.05, 4.69) is 35.7 Å². The summed E-state index contributed by atoms with van der Waals surface area (Å²) in [5, 5.41) is 5.23. The molecular formula is C20H12BrF2N5O2S. The Balaban J connectivity index is 1.72. The van der Waals surface area contributed by atoms with Crippen LogP contribution in [0.3, 0.4) is 0 Å². The van der Waals surface area contributed by atoms with E-state index >= 15 is 0 Å². The van der Waals surface area contributed by atoms with Crippen molar-refractivity contribution in [2.75, 3.05) is 0 Å². The molecule has 3 aromatic heterocycles. The van der Waals surface area contributed by atoms with Crippen LogP contribution in [0.5, 0.6) is 5.75 Å². The van der Waals surface area contributed by atoms with Gasteiger partial charge in [0.15, 0.2) is 14.4 Å². The van der Waals surface area contributed by atoms with Crippen molar-refractivity contribution >= 4 is 48.6 Å². The van der Waals surface area contributed by atoms with Crippen LogP contribution in [-0.2, 0) is 7.05 Å². The molecule has 0 saturated heterocycles. The van der Waals surface area contributed by atoms with E-state index in [1.54, 1.807) is 10.7 Å². The third-order valence-electron chi connectivity index (χ3n) is 4.61. The van der Waals surface area contributed by atoms with Gasteiger partial charge in [0.1, 0.15) is 11.4 Å². The zero-order valence-electron chi connectivity index (χ0n) is 15.8. The molecular weight excluding hydrogens is 492 g/mol. The second kappa shape index (κ2) is 7.50. The molecule has 0 aliphatic rings. The first-order valence-electron chi connectivity index (χ1n) is 8.97. The SMILES string of the molecule is Cn1cc2cc(-c3nc4sc(Br)nc4n(-c4ccc(OC(F)F)cc4)c3=O)ccc2n1. The summed E-state index contributed by atoms with van der Waals surface area (Å²) in [5.41, 5.74) is 2.15. The van der Waals surface area contributed by atoms with Gasteiger partial charge in [-0.25, -0.2) is 9.97 Å². The highest BCUT2D eigenvalue weighted by atomic mass is 79.9. The Morgan fingerprint density at radius 2 is 1.90 bits per heavy atom. The van der Waals surface area contributed by atoms with Crippen molar-refractivity contribution in [2.24, 2.45) is 7.05 Å². The Bertz CT molecular complexity index is 1490. The van der Waals surface area contributed by atoms with E-state index in [1.807, 2.05) is 25.4 Å². The summed E-state index contributed by atoms with van der Waals surface area (Å²) in [6.45, 7) is -2.93. The molecule has 0 aliphatic heterocycles. The fourth-order valence-corrected chi connectivity index (χ4v) is 4.63. The van der Waals surface area contributed by atoms with Crippen molar-refractivity contribution in [1.82, 2.24) is 24.3 Å². The topological polar surface area (TPSA) is 74.8 Å². The number of hydrogen-bond acceptors (Lipinski definition) is 6. The van der Waals surface area contributed by atoms with Crippen LogP contribution < -0.4 is 10.3 Å². The molecule has 3 heterocycles. The van der Waals surface area contributed by atoms with Gasteiger partial charge in [-0.1, -0.05) is 17.4 Å². The largest absolute Gasteiger partial charge is 0.435 e. The molecule has 5 aromatic rings. The molecule has 7 nitrogen and oxygen atoms in total. The summed E-state index contributed by atoms with van der Waals surface area (Å²) in [5.74, 6) is -0.00110. The predicted octanol–water partition coefficient (Wildman–Crippen LogP) is 4.76. The summed E-state index contributed by atoms with van der Waals surface area (Å²) < 4.78 is 33.0. The lowest BCUT2D eigenvalue weighted by molar-refractivity contribution is -0.0498. The highest BCUT2D eigenvalue weighted by molar-refractivity contribution is 9.11. The molecule has 156 valence electrons. The number of alkyl halides is 2. The monoisotopic (exact) mass is 503 g/mol. The lowest BCUT2D eigenvalue weighted by atomic mass is 10.1. The number of nitrogens with zero attached hydrogens (tertiary/aromatic N) is 5. The Morgan fingerprint density at radius 1 is 1.13 bits per heavy atom. The van der Waals surface area contributed by atoms with Crippen LogP contribution in [0.2, 0.25) is 0 Å². The summed E-state index contributed by atoms with van der Waals surface area (Å²) in [6, 6.07) is 11.3. The second-order valence-electron chi connectivity index (χ2n) is 6.65. The minimum atomic E-state index is -2.93. The maximum absolute atomic E-state index is 13.5. The Labute approximate surface area is 185 Å². The van der Waals surface area contributed by atoms with E-state index < -0.39 is 6.61 Å². The van der Waals surface area contributed by atoms with Crippen LogP contribution in [0.1, 0.15) is 0 Å². The summed E-state index contributed by atoms with van der Waals surface area (Å²) in [6.07, 6.45) is 1.86. The molecule has 5 rings (SSSR count). The number of halogens is 3. The molecule has 0 aliphatic carbocycles. The normalized spacial score (nSPS) is 11.6. The third kappa shape index (κ3) is 3.59. The van der Waals surface area contributed by atoms with Gasteiger partial charge in [0, 0.05) is 24.2 Å². The number of fused-ring (bicyclic) bond motifs is 2. The highest BCUT2D eigenvalue weighted by Crippen LogP contribution is 2.29. The number of aryl methyl sites for hydroxylation is 1. The fraction of sp³-hybridized carbons (Fsp3) is 0.100. The molecule has 2 aromatic carbocycles. The Hall–Kier alpha value is -3.18. The molecule has 0 spiro atoms. The molecule has 0 N–H and O–H groups in total. The molecule has 0 saturated carbocycles. The number of thiazole rings is 1. The van der Waals surface area contributed by atoms with Crippen molar-refractivity contribution < 1.29 is 13.5 Å². The maximum atomic E-state index is 13.5. The number of hydrogen-bond donors (Lipinski definition) is 0. The van der Waals surface area contributed by atoms with Gasteiger partial charge >= 0.3 is 6.61 Å². The van der Waals surface area contributed by atoms with E-state index in [9.17, 15) is 13.6 Å². The zero-order chi connectivity index (χ0) is 21.7. The minimum Gasteiger partial charge on any atom is -0.435 e. The van der Waals surface area contributed by atoms with Crippen molar-refractivity contribution in [3.05, 3.63) is 62.9 Å². The zero-order valence-corrected chi connectivity index (χ0v) is 18.2. The van der Waals surface area contributed by atoms with Gasteiger partial charge in [-0.2, -0.15) is 13.9 Å². The third-order valence-corrected chi connectivity index (χ3v) is 6.00. The van der Waals surface area contributed by atoms with E-state index in [-0.39, 0.29) is 17.0 Å². The van der Waals surface area contributed by atoms with Gasteiger partial charge in [0.25, 0.3) is 5.56 Å². The van der Waals surface area contributed by atoms with Gasteiger partial charge in [-0.15, -0.1) is 0 Å². The number of ether oxygens (including phenoxy) is 1. The summed E-state index contributed by atoms with van der Waals surface area (Å²) in [4.78, 5) is 23.0. The Kier molecular flexibility index (Phi) is 4.78. The van der Waals surface area contributed by atoms with Crippen LogP contribution in [0.15, 0.2) is 57.4 Å². The standard InChI is InChI=1S/C20H12BrF2N5O2S/c1-27-9-11-8-10(2-7-14(11)26-27)15-18(29)28(16-17(24-15)31-19(21)25-16)12-3-5-13(6-4-12)30-20(22)23/h2-9,20H,1H3. The van der Waals surface area contributed by atoms with E-state index in [1.165, 1.54) is 40.2 Å². The molecule has 11 heteroatoms. The fourth-order valence-electron chi connectivity index (χ4n) is 3.35. The quantitative estimate of drug-likeness (QED) is 0.353. The Morgan fingerprint density at radius 3 is 2.65 bits per heavy atom. The molecule has 0 atom stereocenters. The maximum Gasteiger partial charge on any atom is 0.387 e. The van der Waals surface area contributed by atoms with Gasteiger partial charge in [-0.05, 0) is 52.3 Å². The highest BCUT2D eigenvalue weighted by Gasteiger charge is 2.18. The van der Waals surface area contributed by atoms with Crippen LogP contribution in [-0.4, -0.2) is 30.9 Å². The lowest BCUT2D eigenvalue weighted by Gasteiger charge is -2.10. The number of benzene rings is 2. The van der Waals surface area contributed by atoms with Crippen LogP contribution >= 0.6 is 27.3 Å².